The first-order chi connectivity index (χ1) is 10.8. The predicted octanol–water partition coefficient (Wildman–Crippen LogP) is 3.72. The standard InChI is InChI=1S/C18H27NO4/c1-7-8-14(19-17(20)23-18(2,3)4)11-13-9-10-15(21-5)16(12-13)22-6/h7,9-10,12,14H,1,8,11H2,2-6H3,(H,19,20). The van der Waals surface area contributed by atoms with Crippen LogP contribution in [0.15, 0.2) is 30.9 Å². The second-order valence-electron chi connectivity index (χ2n) is 6.26. The molecule has 0 saturated carbocycles. The average molecular weight is 321 g/mol. The van der Waals surface area contributed by atoms with E-state index < -0.39 is 11.7 Å². The van der Waals surface area contributed by atoms with Gasteiger partial charge in [-0.15, -0.1) is 6.58 Å². The molecule has 0 bridgehead atoms. The summed E-state index contributed by atoms with van der Waals surface area (Å²) in [5.41, 5.74) is 0.511. The van der Waals surface area contributed by atoms with E-state index in [1.165, 1.54) is 0 Å². The molecule has 1 rings (SSSR count). The lowest BCUT2D eigenvalue weighted by Crippen LogP contribution is -2.40. The molecule has 128 valence electrons. The number of alkyl carbamates (subject to hydrolysis) is 1. The van der Waals surface area contributed by atoms with Crippen molar-refractivity contribution < 1.29 is 19.0 Å². The number of benzene rings is 1. The molecule has 0 spiro atoms. The summed E-state index contributed by atoms with van der Waals surface area (Å²) in [6.07, 6.45) is 2.65. The molecule has 1 aromatic rings. The molecule has 0 aliphatic carbocycles. The fourth-order valence-corrected chi connectivity index (χ4v) is 2.16. The van der Waals surface area contributed by atoms with Crippen LogP contribution in [0.25, 0.3) is 0 Å². The van der Waals surface area contributed by atoms with Crippen molar-refractivity contribution >= 4 is 6.09 Å². The van der Waals surface area contributed by atoms with Crippen molar-refractivity contribution in [3.63, 3.8) is 0 Å². The van der Waals surface area contributed by atoms with Crippen LogP contribution in [0.2, 0.25) is 0 Å². The first kappa shape index (κ1) is 18.9. The fraction of sp³-hybridized carbons (Fsp3) is 0.500. The summed E-state index contributed by atoms with van der Waals surface area (Å²) in [5.74, 6) is 1.34. The molecule has 1 amide bonds. The van der Waals surface area contributed by atoms with Crippen LogP contribution in [0.5, 0.6) is 11.5 Å². The number of hydrogen-bond acceptors (Lipinski definition) is 4. The minimum absolute atomic E-state index is 0.0968. The molecule has 0 aromatic heterocycles. The maximum atomic E-state index is 11.9. The predicted molar refractivity (Wildman–Crippen MR) is 91.2 cm³/mol. The topological polar surface area (TPSA) is 56.8 Å². The third-order valence-electron chi connectivity index (χ3n) is 3.10. The highest BCUT2D eigenvalue weighted by Gasteiger charge is 2.19. The molecule has 0 heterocycles. The highest BCUT2D eigenvalue weighted by Crippen LogP contribution is 2.28. The Balaban J connectivity index is 2.79. The Hall–Kier alpha value is -2.17. The highest BCUT2D eigenvalue weighted by atomic mass is 16.6. The van der Waals surface area contributed by atoms with Crippen LogP contribution in [0, 0.1) is 0 Å². The molecule has 5 nitrogen and oxygen atoms in total. The number of hydrogen-bond donors (Lipinski definition) is 1. The van der Waals surface area contributed by atoms with Gasteiger partial charge in [0.15, 0.2) is 11.5 Å². The van der Waals surface area contributed by atoms with Gasteiger partial charge >= 0.3 is 6.09 Å². The first-order valence-corrected chi connectivity index (χ1v) is 7.60. The zero-order valence-electron chi connectivity index (χ0n) is 14.6. The van der Waals surface area contributed by atoms with Crippen LogP contribution < -0.4 is 14.8 Å². The summed E-state index contributed by atoms with van der Waals surface area (Å²) in [5, 5.41) is 2.88. The number of ether oxygens (including phenoxy) is 3. The molecule has 1 atom stereocenters. The normalized spacial score (nSPS) is 12.2. The second-order valence-corrected chi connectivity index (χ2v) is 6.26. The number of methoxy groups -OCH3 is 2. The van der Waals surface area contributed by atoms with E-state index >= 15 is 0 Å². The van der Waals surface area contributed by atoms with Crippen molar-refractivity contribution in [1.29, 1.82) is 0 Å². The molecule has 0 saturated heterocycles. The van der Waals surface area contributed by atoms with E-state index in [4.69, 9.17) is 14.2 Å². The van der Waals surface area contributed by atoms with Crippen LogP contribution in [-0.4, -0.2) is 32.0 Å². The maximum absolute atomic E-state index is 11.9. The lowest BCUT2D eigenvalue weighted by Gasteiger charge is -2.23. The zero-order chi connectivity index (χ0) is 17.5. The number of amides is 1. The van der Waals surface area contributed by atoms with Gasteiger partial charge in [0.1, 0.15) is 5.60 Å². The number of nitrogens with one attached hydrogen (secondary N) is 1. The summed E-state index contributed by atoms with van der Waals surface area (Å²) in [6.45, 7) is 9.26. The summed E-state index contributed by atoms with van der Waals surface area (Å²) >= 11 is 0. The van der Waals surface area contributed by atoms with Crippen molar-refractivity contribution in [3.8, 4) is 11.5 Å². The Bertz CT molecular complexity index is 534. The molecule has 0 fully saturated rings. The molecular weight excluding hydrogens is 294 g/mol. The zero-order valence-corrected chi connectivity index (χ0v) is 14.6. The summed E-state index contributed by atoms with van der Waals surface area (Å²) < 4.78 is 15.8. The van der Waals surface area contributed by atoms with Crippen molar-refractivity contribution in [1.82, 2.24) is 5.32 Å². The molecule has 23 heavy (non-hydrogen) atoms. The lowest BCUT2D eigenvalue weighted by molar-refractivity contribution is 0.0504. The van der Waals surface area contributed by atoms with Crippen LogP contribution >= 0.6 is 0 Å². The van der Waals surface area contributed by atoms with Crippen LogP contribution in [-0.2, 0) is 11.2 Å². The smallest absolute Gasteiger partial charge is 0.407 e. The van der Waals surface area contributed by atoms with Crippen LogP contribution in [0.1, 0.15) is 32.8 Å². The molecule has 0 aliphatic rings. The van der Waals surface area contributed by atoms with Gasteiger partial charge in [-0.2, -0.15) is 0 Å². The monoisotopic (exact) mass is 321 g/mol. The van der Waals surface area contributed by atoms with E-state index in [9.17, 15) is 4.79 Å². The second kappa shape index (κ2) is 8.46. The minimum atomic E-state index is -0.522. The Morgan fingerprint density at radius 2 is 1.91 bits per heavy atom. The van der Waals surface area contributed by atoms with Gasteiger partial charge in [-0.1, -0.05) is 12.1 Å². The van der Waals surface area contributed by atoms with Gasteiger partial charge in [-0.25, -0.2) is 4.79 Å². The molecular formula is C18H27NO4. The Kier molecular flexibility index (Phi) is 6.94. The van der Waals surface area contributed by atoms with Gasteiger partial charge in [0.25, 0.3) is 0 Å². The number of rotatable bonds is 7. The van der Waals surface area contributed by atoms with Crippen molar-refractivity contribution in [2.24, 2.45) is 0 Å². The Morgan fingerprint density at radius 3 is 2.43 bits per heavy atom. The van der Waals surface area contributed by atoms with E-state index in [0.29, 0.717) is 24.3 Å². The van der Waals surface area contributed by atoms with Gasteiger partial charge < -0.3 is 19.5 Å². The van der Waals surface area contributed by atoms with E-state index in [1.54, 1.807) is 20.3 Å². The minimum Gasteiger partial charge on any atom is -0.493 e. The van der Waals surface area contributed by atoms with E-state index in [2.05, 4.69) is 11.9 Å². The summed E-state index contributed by atoms with van der Waals surface area (Å²) in [7, 11) is 3.20. The van der Waals surface area contributed by atoms with Crippen LogP contribution in [0.3, 0.4) is 0 Å². The molecule has 1 unspecified atom stereocenters. The molecule has 0 radical (unpaired) electrons. The largest absolute Gasteiger partial charge is 0.493 e. The van der Waals surface area contributed by atoms with Gasteiger partial charge in [0, 0.05) is 6.04 Å². The van der Waals surface area contributed by atoms with Crippen LogP contribution in [0.4, 0.5) is 4.79 Å². The molecule has 5 heteroatoms. The molecule has 1 aromatic carbocycles. The Morgan fingerprint density at radius 1 is 1.26 bits per heavy atom. The maximum Gasteiger partial charge on any atom is 0.407 e. The van der Waals surface area contributed by atoms with Crippen molar-refractivity contribution in [2.45, 2.75) is 45.3 Å². The average Bonchev–Trinajstić information content (AvgIpc) is 2.45. The lowest BCUT2D eigenvalue weighted by atomic mass is 10.0. The number of carbonyl (C=O) groups excluding carboxylic acids is 1. The highest BCUT2D eigenvalue weighted by molar-refractivity contribution is 5.68. The number of carbonyl (C=O) groups is 1. The third-order valence-corrected chi connectivity index (χ3v) is 3.10. The molecule has 0 aliphatic heterocycles. The first-order valence-electron chi connectivity index (χ1n) is 7.60. The quantitative estimate of drug-likeness (QED) is 0.778. The van der Waals surface area contributed by atoms with E-state index in [1.807, 2.05) is 39.0 Å². The van der Waals surface area contributed by atoms with Gasteiger partial charge in [-0.05, 0) is 51.3 Å². The van der Waals surface area contributed by atoms with Gasteiger partial charge in [0.05, 0.1) is 14.2 Å². The summed E-state index contributed by atoms with van der Waals surface area (Å²) in [6, 6.07) is 5.62. The van der Waals surface area contributed by atoms with E-state index in [0.717, 1.165) is 5.56 Å². The SMILES string of the molecule is C=CCC(Cc1ccc(OC)c(OC)c1)NC(=O)OC(C)(C)C. The van der Waals surface area contributed by atoms with E-state index in [-0.39, 0.29) is 6.04 Å². The third kappa shape index (κ3) is 6.63. The molecule has 1 N–H and O–H groups in total. The fourth-order valence-electron chi connectivity index (χ4n) is 2.16. The van der Waals surface area contributed by atoms with Crippen molar-refractivity contribution in [2.75, 3.05) is 14.2 Å². The summed E-state index contributed by atoms with van der Waals surface area (Å²) in [4.78, 5) is 11.9. The van der Waals surface area contributed by atoms with Gasteiger partial charge in [0.2, 0.25) is 0 Å². The van der Waals surface area contributed by atoms with Gasteiger partial charge in [-0.3, -0.25) is 0 Å². The van der Waals surface area contributed by atoms with Crippen molar-refractivity contribution in [3.05, 3.63) is 36.4 Å². The Labute approximate surface area is 138 Å².